The standard InChI is InChI=1S/C20H32/c1-17(2)8-5-9-19(4)15(17)7-11-20-13-12-18(3,14-20)10-6-16(19)20/h12-13,15-16H,5-11,14H2,1-4H3/t15?,16?,18?,19-,20?/m0/s1. The van der Waals surface area contributed by atoms with Crippen LogP contribution in [0.15, 0.2) is 12.2 Å². The predicted molar refractivity (Wildman–Crippen MR) is 85.5 cm³/mol. The van der Waals surface area contributed by atoms with Gasteiger partial charge < -0.3 is 0 Å². The first-order valence-corrected chi connectivity index (χ1v) is 9.00. The molecule has 0 saturated heterocycles. The highest BCUT2D eigenvalue weighted by molar-refractivity contribution is 5.25. The summed E-state index contributed by atoms with van der Waals surface area (Å²) < 4.78 is 0. The molecule has 0 amide bonds. The molecule has 3 saturated carbocycles. The molecule has 0 N–H and O–H groups in total. The van der Waals surface area contributed by atoms with Crippen LogP contribution in [0.25, 0.3) is 0 Å². The highest BCUT2D eigenvalue weighted by Crippen LogP contribution is 2.71. The molecule has 4 rings (SSSR count). The van der Waals surface area contributed by atoms with Crippen molar-refractivity contribution in [3.63, 3.8) is 0 Å². The average molecular weight is 272 g/mol. The minimum atomic E-state index is 0.546. The SMILES string of the molecule is CC12C=CC3(CCC4C(C)(C)CCC[C@]4(C)C3CC1)C2. The molecular weight excluding hydrogens is 240 g/mol. The van der Waals surface area contributed by atoms with Crippen LogP contribution >= 0.6 is 0 Å². The molecule has 20 heavy (non-hydrogen) atoms. The minimum absolute atomic E-state index is 0.546. The molecule has 0 heterocycles. The van der Waals surface area contributed by atoms with Gasteiger partial charge >= 0.3 is 0 Å². The van der Waals surface area contributed by atoms with Gasteiger partial charge in [-0.15, -0.1) is 0 Å². The lowest BCUT2D eigenvalue weighted by atomic mass is 9.40. The molecule has 0 aliphatic heterocycles. The fraction of sp³-hybridized carbons (Fsp3) is 0.900. The highest BCUT2D eigenvalue weighted by Gasteiger charge is 2.62. The number of hydrogen-bond acceptors (Lipinski definition) is 0. The Balaban J connectivity index is 1.75. The molecule has 0 radical (unpaired) electrons. The second kappa shape index (κ2) is 3.73. The van der Waals surface area contributed by atoms with Gasteiger partial charge in [-0.3, -0.25) is 0 Å². The largest absolute Gasteiger partial charge is 0.0820 e. The Labute approximate surface area is 125 Å². The summed E-state index contributed by atoms with van der Waals surface area (Å²) in [5.74, 6) is 1.94. The molecular formula is C20H32. The average Bonchev–Trinajstić information content (AvgIpc) is 2.58. The lowest BCUT2D eigenvalue weighted by Crippen LogP contribution is -2.56. The molecule has 4 aliphatic carbocycles. The van der Waals surface area contributed by atoms with Gasteiger partial charge in [0.15, 0.2) is 0 Å². The number of fused-ring (bicyclic) bond motifs is 3. The summed E-state index contributed by atoms with van der Waals surface area (Å²) in [5, 5.41) is 0. The van der Waals surface area contributed by atoms with E-state index in [2.05, 4.69) is 39.8 Å². The van der Waals surface area contributed by atoms with Gasteiger partial charge in [0, 0.05) is 0 Å². The van der Waals surface area contributed by atoms with Gasteiger partial charge in [-0.05, 0) is 78.4 Å². The first kappa shape index (κ1) is 13.4. The van der Waals surface area contributed by atoms with Crippen LogP contribution in [-0.4, -0.2) is 0 Å². The van der Waals surface area contributed by atoms with Crippen LogP contribution in [0.3, 0.4) is 0 Å². The Morgan fingerprint density at radius 1 is 0.800 bits per heavy atom. The summed E-state index contributed by atoms with van der Waals surface area (Å²) in [6.45, 7) is 10.3. The first-order chi connectivity index (χ1) is 9.30. The summed E-state index contributed by atoms with van der Waals surface area (Å²) in [4.78, 5) is 0. The van der Waals surface area contributed by atoms with E-state index < -0.39 is 0 Å². The van der Waals surface area contributed by atoms with Crippen molar-refractivity contribution in [1.82, 2.24) is 0 Å². The van der Waals surface area contributed by atoms with E-state index in [-0.39, 0.29) is 0 Å². The molecule has 0 aromatic heterocycles. The summed E-state index contributed by atoms with van der Waals surface area (Å²) >= 11 is 0. The van der Waals surface area contributed by atoms with Crippen molar-refractivity contribution in [2.45, 2.75) is 79.1 Å². The third kappa shape index (κ3) is 1.54. The maximum atomic E-state index is 2.69. The van der Waals surface area contributed by atoms with E-state index in [1.165, 1.54) is 51.4 Å². The molecule has 0 aromatic rings. The van der Waals surface area contributed by atoms with E-state index in [0.29, 0.717) is 21.7 Å². The topological polar surface area (TPSA) is 0 Å². The summed E-state index contributed by atoms with van der Waals surface area (Å²) in [7, 11) is 0. The Hall–Kier alpha value is -0.260. The van der Waals surface area contributed by atoms with Crippen molar-refractivity contribution >= 4 is 0 Å². The molecule has 5 atom stereocenters. The monoisotopic (exact) mass is 272 g/mol. The minimum Gasteiger partial charge on any atom is -0.0820 e. The molecule has 1 spiro atoms. The van der Waals surface area contributed by atoms with E-state index in [1.807, 2.05) is 0 Å². The zero-order valence-electron chi connectivity index (χ0n) is 14.0. The molecule has 112 valence electrons. The lowest BCUT2D eigenvalue weighted by molar-refractivity contribution is -0.139. The van der Waals surface area contributed by atoms with Crippen molar-refractivity contribution in [3.8, 4) is 0 Å². The van der Waals surface area contributed by atoms with Crippen LogP contribution < -0.4 is 0 Å². The number of allylic oxidation sites excluding steroid dienone is 2. The Kier molecular flexibility index (Phi) is 2.50. The highest BCUT2D eigenvalue weighted by atomic mass is 14.7. The third-order valence-electron chi connectivity index (χ3n) is 8.22. The van der Waals surface area contributed by atoms with Crippen molar-refractivity contribution in [3.05, 3.63) is 12.2 Å². The van der Waals surface area contributed by atoms with E-state index in [1.54, 1.807) is 0 Å². The van der Waals surface area contributed by atoms with Gasteiger partial charge in [0.1, 0.15) is 0 Å². The first-order valence-electron chi connectivity index (χ1n) is 9.00. The van der Waals surface area contributed by atoms with Gasteiger partial charge in [-0.25, -0.2) is 0 Å². The Bertz CT molecular complexity index is 459. The summed E-state index contributed by atoms with van der Waals surface area (Å²) in [6.07, 6.45) is 17.1. The normalized spacial score (nSPS) is 56.2. The van der Waals surface area contributed by atoms with Crippen LogP contribution in [0.2, 0.25) is 0 Å². The summed E-state index contributed by atoms with van der Waals surface area (Å²) in [6, 6.07) is 0. The van der Waals surface area contributed by atoms with Gasteiger partial charge in [0.25, 0.3) is 0 Å². The molecule has 4 unspecified atom stereocenters. The third-order valence-corrected chi connectivity index (χ3v) is 8.22. The second-order valence-corrected chi connectivity index (χ2v) is 9.93. The zero-order valence-corrected chi connectivity index (χ0v) is 14.0. The smallest absolute Gasteiger partial charge is 0.00762 e. The van der Waals surface area contributed by atoms with Gasteiger partial charge in [0.05, 0.1) is 0 Å². The quantitative estimate of drug-likeness (QED) is 0.476. The lowest BCUT2D eigenvalue weighted by Gasteiger charge is -2.64. The fourth-order valence-corrected chi connectivity index (χ4v) is 7.46. The number of hydrogen-bond donors (Lipinski definition) is 0. The van der Waals surface area contributed by atoms with Crippen LogP contribution in [-0.2, 0) is 0 Å². The van der Waals surface area contributed by atoms with E-state index >= 15 is 0 Å². The fourth-order valence-electron chi connectivity index (χ4n) is 7.46. The predicted octanol–water partition coefficient (Wildman–Crippen LogP) is 5.98. The Morgan fingerprint density at radius 3 is 2.35 bits per heavy atom. The van der Waals surface area contributed by atoms with Crippen molar-refractivity contribution < 1.29 is 0 Å². The van der Waals surface area contributed by atoms with Crippen LogP contribution in [0.4, 0.5) is 0 Å². The van der Waals surface area contributed by atoms with E-state index in [0.717, 1.165) is 11.8 Å². The van der Waals surface area contributed by atoms with Gasteiger partial charge in [0.2, 0.25) is 0 Å². The van der Waals surface area contributed by atoms with Crippen LogP contribution in [0.5, 0.6) is 0 Å². The summed E-state index contributed by atoms with van der Waals surface area (Å²) in [5.41, 5.74) is 2.34. The molecule has 4 aliphatic rings. The molecule has 3 fully saturated rings. The van der Waals surface area contributed by atoms with Crippen LogP contribution in [0, 0.1) is 33.5 Å². The maximum absolute atomic E-state index is 2.69. The van der Waals surface area contributed by atoms with Crippen molar-refractivity contribution in [2.24, 2.45) is 33.5 Å². The molecule has 0 heteroatoms. The Morgan fingerprint density at radius 2 is 1.55 bits per heavy atom. The van der Waals surface area contributed by atoms with Gasteiger partial charge in [-0.1, -0.05) is 46.3 Å². The van der Waals surface area contributed by atoms with E-state index in [4.69, 9.17) is 0 Å². The van der Waals surface area contributed by atoms with Gasteiger partial charge in [-0.2, -0.15) is 0 Å². The van der Waals surface area contributed by atoms with Crippen molar-refractivity contribution in [2.75, 3.05) is 0 Å². The van der Waals surface area contributed by atoms with E-state index in [9.17, 15) is 0 Å². The van der Waals surface area contributed by atoms with Crippen LogP contribution in [0.1, 0.15) is 79.1 Å². The number of rotatable bonds is 0. The molecule has 0 nitrogen and oxygen atoms in total. The zero-order chi connectivity index (χ0) is 14.2. The molecule has 0 aromatic carbocycles. The second-order valence-electron chi connectivity index (χ2n) is 9.93. The maximum Gasteiger partial charge on any atom is -0.00762 e. The molecule has 2 bridgehead atoms. The van der Waals surface area contributed by atoms with Crippen molar-refractivity contribution in [1.29, 1.82) is 0 Å².